The number of carbonyl (C=O) groups is 2. The van der Waals surface area contributed by atoms with Gasteiger partial charge in [0, 0.05) is 18.9 Å². The summed E-state index contributed by atoms with van der Waals surface area (Å²) in [4.78, 5) is 30.5. The van der Waals surface area contributed by atoms with Crippen LogP contribution in [0.1, 0.15) is 28.9 Å². The largest absolute Gasteiger partial charge is 0.370 e. The van der Waals surface area contributed by atoms with Crippen molar-refractivity contribution >= 4 is 11.8 Å². The van der Waals surface area contributed by atoms with Crippen molar-refractivity contribution in [3.05, 3.63) is 66.0 Å². The second kappa shape index (κ2) is 7.90. The molecule has 0 bridgehead atoms. The predicted molar refractivity (Wildman–Crippen MR) is 92.9 cm³/mol. The van der Waals surface area contributed by atoms with E-state index in [9.17, 15) is 9.59 Å². The van der Waals surface area contributed by atoms with Crippen LogP contribution in [0.4, 0.5) is 0 Å². The van der Waals surface area contributed by atoms with E-state index in [0.29, 0.717) is 25.3 Å². The highest BCUT2D eigenvalue weighted by atomic mass is 16.5. The van der Waals surface area contributed by atoms with Gasteiger partial charge < -0.3 is 15.0 Å². The summed E-state index contributed by atoms with van der Waals surface area (Å²) in [5, 5.41) is 2.74. The average molecular weight is 339 g/mol. The minimum Gasteiger partial charge on any atom is -0.370 e. The molecule has 2 heterocycles. The van der Waals surface area contributed by atoms with E-state index in [1.54, 1.807) is 30.2 Å². The fourth-order valence-electron chi connectivity index (χ4n) is 2.83. The van der Waals surface area contributed by atoms with Gasteiger partial charge >= 0.3 is 0 Å². The first-order valence-electron chi connectivity index (χ1n) is 8.31. The number of pyridine rings is 1. The van der Waals surface area contributed by atoms with Crippen LogP contribution in [0.3, 0.4) is 0 Å². The lowest BCUT2D eigenvalue weighted by atomic mass is 10.1. The summed E-state index contributed by atoms with van der Waals surface area (Å²) in [6.45, 7) is 3.18. The van der Waals surface area contributed by atoms with E-state index in [2.05, 4.69) is 10.3 Å². The Morgan fingerprint density at radius 3 is 2.76 bits per heavy atom. The van der Waals surface area contributed by atoms with Crippen molar-refractivity contribution in [3.8, 4) is 0 Å². The Bertz CT molecular complexity index is 721. The summed E-state index contributed by atoms with van der Waals surface area (Å²) in [7, 11) is 0. The molecule has 2 amide bonds. The molecule has 1 fully saturated rings. The van der Waals surface area contributed by atoms with E-state index in [-0.39, 0.29) is 17.9 Å². The highest BCUT2D eigenvalue weighted by Crippen LogP contribution is 2.22. The molecule has 1 aromatic heterocycles. The van der Waals surface area contributed by atoms with Gasteiger partial charge in [-0.05, 0) is 24.6 Å². The van der Waals surface area contributed by atoms with Gasteiger partial charge in [0.25, 0.3) is 5.91 Å². The SMILES string of the molecule is C[C@@H](NC(=O)c1cccnc1)C(=O)N1CCOC(c2ccccc2)C1. The fraction of sp³-hybridized carbons (Fsp3) is 0.316. The minimum absolute atomic E-state index is 0.110. The van der Waals surface area contributed by atoms with Gasteiger partial charge in [0.1, 0.15) is 12.1 Å². The molecule has 6 heteroatoms. The number of carbonyl (C=O) groups excluding carboxylic acids is 2. The van der Waals surface area contributed by atoms with Crippen LogP contribution in [0.15, 0.2) is 54.9 Å². The maximum atomic E-state index is 12.7. The van der Waals surface area contributed by atoms with E-state index in [4.69, 9.17) is 4.74 Å². The van der Waals surface area contributed by atoms with Crippen LogP contribution in [0.25, 0.3) is 0 Å². The number of hydrogen-bond acceptors (Lipinski definition) is 4. The zero-order chi connectivity index (χ0) is 17.6. The zero-order valence-corrected chi connectivity index (χ0v) is 14.1. The zero-order valence-electron chi connectivity index (χ0n) is 14.1. The van der Waals surface area contributed by atoms with Crippen molar-refractivity contribution in [2.24, 2.45) is 0 Å². The van der Waals surface area contributed by atoms with E-state index < -0.39 is 6.04 Å². The summed E-state index contributed by atoms with van der Waals surface area (Å²) in [5.41, 5.74) is 1.48. The highest BCUT2D eigenvalue weighted by molar-refractivity contribution is 5.97. The molecule has 1 saturated heterocycles. The molecule has 6 nitrogen and oxygen atoms in total. The van der Waals surface area contributed by atoms with Crippen molar-refractivity contribution in [2.45, 2.75) is 19.1 Å². The van der Waals surface area contributed by atoms with E-state index in [0.717, 1.165) is 5.56 Å². The van der Waals surface area contributed by atoms with Gasteiger partial charge in [-0.1, -0.05) is 30.3 Å². The molecule has 130 valence electrons. The summed E-state index contributed by atoms with van der Waals surface area (Å²) in [6, 6.07) is 12.6. The van der Waals surface area contributed by atoms with Crippen molar-refractivity contribution in [1.82, 2.24) is 15.2 Å². The van der Waals surface area contributed by atoms with Gasteiger partial charge in [0.2, 0.25) is 5.91 Å². The Kier molecular flexibility index (Phi) is 5.40. The lowest BCUT2D eigenvalue weighted by Gasteiger charge is -2.34. The normalized spacial score (nSPS) is 18.4. The van der Waals surface area contributed by atoms with Crippen molar-refractivity contribution < 1.29 is 14.3 Å². The number of amides is 2. The minimum atomic E-state index is -0.609. The van der Waals surface area contributed by atoms with Gasteiger partial charge in [-0.15, -0.1) is 0 Å². The lowest BCUT2D eigenvalue weighted by molar-refractivity contribution is -0.140. The number of aromatic nitrogens is 1. The van der Waals surface area contributed by atoms with Gasteiger partial charge in [0.15, 0.2) is 0 Å². The second-order valence-electron chi connectivity index (χ2n) is 5.99. The van der Waals surface area contributed by atoms with Gasteiger partial charge in [-0.25, -0.2) is 0 Å². The molecule has 2 aromatic rings. The van der Waals surface area contributed by atoms with Crippen molar-refractivity contribution in [1.29, 1.82) is 0 Å². The molecular formula is C19H21N3O3. The maximum Gasteiger partial charge on any atom is 0.253 e. The molecule has 3 rings (SSSR count). The number of nitrogens with zero attached hydrogens (tertiary/aromatic N) is 2. The van der Waals surface area contributed by atoms with Crippen LogP contribution < -0.4 is 5.32 Å². The van der Waals surface area contributed by atoms with Gasteiger partial charge in [0.05, 0.1) is 18.7 Å². The summed E-state index contributed by atoms with van der Waals surface area (Å²) in [6.07, 6.45) is 2.94. The van der Waals surface area contributed by atoms with Crippen LogP contribution in [0.2, 0.25) is 0 Å². The Labute approximate surface area is 146 Å². The second-order valence-corrected chi connectivity index (χ2v) is 5.99. The highest BCUT2D eigenvalue weighted by Gasteiger charge is 2.28. The van der Waals surface area contributed by atoms with Crippen LogP contribution >= 0.6 is 0 Å². The quantitative estimate of drug-likeness (QED) is 0.922. The summed E-state index contributed by atoms with van der Waals surface area (Å²) < 4.78 is 5.79. The topological polar surface area (TPSA) is 71.5 Å². The molecule has 25 heavy (non-hydrogen) atoms. The third-order valence-electron chi connectivity index (χ3n) is 4.19. The number of nitrogens with one attached hydrogen (secondary N) is 1. The monoisotopic (exact) mass is 339 g/mol. The Morgan fingerprint density at radius 1 is 1.24 bits per heavy atom. The van der Waals surface area contributed by atoms with E-state index >= 15 is 0 Å². The standard InChI is InChI=1S/C19H21N3O3/c1-14(21-18(23)16-8-5-9-20-12-16)19(24)22-10-11-25-17(13-22)15-6-3-2-4-7-15/h2-9,12,14,17H,10-11,13H2,1H3,(H,21,23)/t14-,17?/m1/s1. The molecule has 1 unspecified atom stereocenters. The molecule has 0 saturated carbocycles. The third-order valence-corrected chi connectivity index (χ3v) is 4.19. The summed E-state index contributed by atoms with van der Waals surface area (Å²) >= 11 is 0. The molecule has 0 radical (unpaired) electrons. The maximum absolute atomic E-state index is 12.7. The molecule has 0 aliphatic carbocycles. The first-order chi connectivity index (χ1) is 12.1. The van der Waals surface area contributed by atoms with Crippen molar-refractivity contribution in [2.75, 3.05) is 19.7 Å². The Balaban J connectivity index is 1.61. The average Bonchev–Trinajstić information content (AvgIpc) is 2.68. The third kappa shape index (κ3) is 4.22. The molecule has 1 N–H and O–H groups in total. The van der Waals surface area contributed by atoms with Gasteiger partial charge in [-0.3, -0.25) is 14.6 Å². The number of benzene rings is 1. The van der Waals surface area contributed by atoms with Crippen molar-refractivity contribution in [3.63, 3.8) is 0 Å². The first-order valence-corrected chi connectivity index (χ1v) is 8.31. The number of rotatable bonds is 4. The van der Waals surface area contributed by atoms with Crippen LogP contribution in [-0.2, 0) is 9.53 Å². The Morgan fingerprint density at radius 2 is 2.04 bits per heavy atom. The smallest absolute Gasteiger partial charge is 0.253 e. The van der Waals surface area contributed by atoms with Crippen LogP contribution in [-0.4, -0.2) is 47.4 Å². The fourth-order valence-corrected chi connectivity index (χ4v) is 2.83. The van der Waals surface area contributed by atoms with Crippen LogP contribution in [0, 0.1) is 0 Å². The van der Waals surface area contributed by atoms with E-state index in [1.807, 2.05) is 30.3 Å². The summed E-state index contributed by atoms with van der Waals surface area (Å²) in [5.74, 6) is -0.414. The molecule has 1 aromatic carbocycles. The number of morpholine rings is 1. The number of ether oxygens (including phenoxy) is 1. The predicted octanol–water partition coefficient (Wildman–Crippen LogP) is 1.80. The first kappa shape index (κ1) is 17.1. The number of hydrogen-bond donors (Lipinski definition) is 1. The van der Waals surface area contributed by atoms with Crippen LogP contribution in [0.5, 0.6) is 0 Å². The van der Waals surface area contributed by atoms with Gasteiger partial charge in [-0.2, -0.15) is 0 Å². The molecule has 2 atom stereocenters. The lowest BCUT2D eigenvalue weighted by Crippen LogP contribution is -2.51. The molecular weight excluding hydrogens is 318 g/mol. The molecule has 1 aliphatic heterocycles. The Hall–Kier alpha value is -2.73. The molecule has 0 spiro atoms. The van der Waals surface area contributed by atoms with E-state index in [1.165, 1.54) is 6.20 Å². The molecule has 1 aliphatic rings.